The number of hydrogen-bond acceptors (Lipinski definition) is 4. The Kier molecular flexibility index (Phi) is 2.82. The molecule has 5 heteroatoms. The van der Waals surface area contributed by atoms with Gasteiger partial charge in [-0.3, -0.25) is 0 Å². The predicted octanol–water partition coefficient (Wildman–Crippen LogP) is 0.482. The van der Waals surface area contributed by atoms with E-state index in [9.17, 15) is 4.79 Å². The van der Waals surface area contributed by atoms with Crippen molar-refractivity contribution < 1.29 is 14.3 Å². The van der Waals surface area contributed by atoms with Gasteiger partial charge in [0.15, 0.2) is 0 Å². The second-order valence-electron chi connectivity index (χ2n) is 2.20. The van der Waals surface area contributed by atoms with E-state index in [2.05, 4.69) is 10.3 Å². The van der Waals surface area contributed by atoms with Gasteiger partial charge in [0, 0.05) is 0 Å². The van der Waals surface area contributed by atoms with Crippen LogP contribution in [0.2, 0.25) is 0 Å². The molecule has 0 spiro atoms. The number of hydrogen-bond donors (Lipinski definition) is 2. The summed E-state index contributed by atoms with van der Waals surface area (Å²) >= 11 is 0. The van der Waals surface area contributed by atoms with Crippen LogP contribution in [-0.4, -0.2) is 22.6 Å². The van der Waals surface area contributed by atoms with Crippen LogP contribution in [0.15, 0.2) is 10.6 Å². The van der Waals surface area contributed by atoms with Gasteiger partial charge in [-0.05, 0) is 6.54 Å². The van der Waals surface area contributed by atoms with Gasteiger partial charge in [0.05, 0.1) is 12.7 Å². The van der Waals surface area contributed by atoms with Gasteiger partial charge in [0.1, 0.15) is 0 Å². The van der Waals surface area contributed by atoms with Crippen molar-refractivity contribution in [3.63, 3.8) is 0 Å². The lowest BCUT2D eigenvalue weighted by Crippen LogP contribution is -2.11. The molecule has 0 unspecified atom stereocenters. The molecule has 0 aliphatic carbocycles. The highest BCUT2D eigenvalue weighted by molar-refractivity contribution is 5.83. The minimum atomic E-state index is -1.09. The fraction of sp³-hybridized carbons (Fsp3) is 0.429. The first-order chi connectivity index (χ1) is 5.74. The summed E-state index contributed by atoms with van der Waals surface area (Å²) in [5, 5.41) is 11.4. The topological polar surface area (TPSA) is 75.4 Å². The largest absolute Gasteiger partial charge is 0.475 e. The van der Waals surface area contributed by atoms with Gasteiger partial charge in [-0.25, -0.2) is 9.78 Å². The van der Waals surface area contributed by atoms with Gasteiger partial charge in [-0.15, -0.1) is 0 Å². The van der Waals surface area contributed by atoms with E-state index < -0.39 is 5.97 Å². The second-order valence-corrected chi connectivity index (χ2v) is 2.20. The predicted molar refractivity (Wildman–Crippen MR) is 40.8 cm³/mol. The normalized spacial score (nSPS) is 10.1. The second kappa shape index (κ2) is 3.87. The molecular weight excluding hydrogens is 160 g/mol. The zero-order valence-electron chi connectivity index (χ0n) is 6.70. The summed E-state index contributed by atoms with van der Waals surface area (Å²) in [6, 6.07) is 0. The highest BCUT2D eigenvalue weighted by Gasteiger charge is 2.09. The van der Waals surface area contributed by atoms with Crippen molar-refractivity contribution in [3.8, 4) is 0 Å². The first kappa shape index (κ1) is 8.73. The zero-order valence-corrected chi connectivity index (χ0v) is 6.70. The first-order valence-electron chi connectivity index (χ1n) is 3.62. The van der Waals surface area contributed by atoms with E-state index in [1.165, 1.54) is 6.20 Å². The van der Waals surface area contributed by atoms with Crippen LogP contribution in [0.1, 0.15) is 23.4 Å². The molecule has 0 saturated carbocycles. The van der Waals surface area contributed by atoms with E-state index in [0.29, 0.717) is 12.4 Å². The fourth-order valence-electron chi connectivity index (χ4n) is 0.723. The molecule has 12 heavy (non-hydrogen) atoms. The number of nitrogens with zero attached hydrogens (tertiary/aromatic N) is 1. The third kappa shape index (κ3) is 2.06. The van der Waals surface area contributed by atoms with E-state index in [0.717, 1.165) is 6.54 Å². The average Bonchev–Trinajstić information content (AvgIpc) is 2.48. The molecule has 0 fully saturated rings. The van der Waals surface area contributed by atoms with Gasteiger partial charge in [-0.1, -0.05) is 6.92 Å². The zero-order chi connectivity index (χ0) is 8.97. The van der Waals surface area contributed by atoms with Crippen molar-refractivity contribution in [2.24, 2.45) is 0 Å². The van der Waals surface area contributed by atoms with Gasteiger partial charge < -0.3 is 14.8 Å². The molecule has 0 aliphatic heterocycles. The van der Waals surface area contributed by atoms with Crippen molar-refractivity contribution in [2.45, 2.75) is 13.5 Å². The van der Waals surface area contributed by atoms with E-state index in [4.69, 9.17) is 9.52 Å². The smallest absolute Gasteiger partial charge is 0.373 e. The number of aromatic nitrogens is 1. The summed E-state index contributed by atoms with van der Waals surface area (Å²) in [6.07, 6.45) is 1.20. The maximum atomic E-state index is 10.3. The molecule has 1 rings (SSSR count). The summed E-state index contributed by atoms with van der Waals surface area (Å²) in [5.41, 5.74) is 0. The molecule has 0 aliphatic rings. The number of nitrogens with one attached hydrogen (secondary N) is 1. The van der Waals surface area contributed by atoms with Crippen LogP contribution in [-0.2, 0) is 6.54 Å². The van der Waals surface area contributed by atoms with Crippen LogP contribution in [0.25, 0.3) is 0 Å². The molecular formula is C7H10N2O3. The Labute approximate surface area is 69.4 Å². The Balaban J connectivity index is 2.58. The lowest BCUT2D eigenvalue weighted by molar-refractivity contribution is 0.0660. The number of oxazole rings is 1. The van der Waals surface area contributed by atoms with Crippen LogP contribution in [0.5, 0.6) is 0 Å². The number of rotatable bonds is 4. The average molecular weight is 170 g/mol. The van der Waals surface area contributed by atoms with E-state index in [1.54, 1.807) is 0 Å². The van der Waals surface area contributed by atoms with Crippen molar-refractivity contribution in [3.05, 3.63) is 17.8 Å². The highest BCUT2D eigenvalue weighted by atomic mass is 16.4. The number of carboxylic acids is 1. The Morgan fingerprint density at radius 2 is 2.58 bits per heavy atom. The van der Waals surface area contributed by atoms with Crippen molar-refractivity contribution in [1.29, 1.82) is 0 Å². The molecule has 0 saturated heterocycles. The third-order valence-corrected chi connectivity index (χ3v) is 1.29. The molecule has 0 amide bonds. The minimum absolute atomic E-state index is 0.122. The molecule has 66 valence electrons. The Hall–Kier alpha value is -1.36. The molecule has 0 aromatic carbocycles. The Morgan fingerprint density at radius 3 is 3.08 bits per heavy atom. The van der Waals surface area contributed by atoms with Gasteiger partial charge in [0.2, 0.25) is 11.7 Å². The van der Waals surface area contributed by atoms with Crippen LogP contribution in [0.3, 0.4) is 0 Å². The minimum Gasteiger partial charge on any atom is -0.475 e. The number of aromatic carboxylic acids is 1. The van der Waals surface area contributed by atoms with E-state index >= 15 is 0 Å². The van der Waals surface area contributed by atoms with Crippen molar-refractivity contribution in [1.82, 2.24) is 10.3 Å². The summed E-state index contributed by atoms with van der Waals surface area (Å²) in [4.78, 5) is 14.1. The fourth-order valence-corrected chi connectivity index (χ4v) is 0.723. The van der Waals surface area contributed by atoms with Crippen LogP contribution >= 0.6 is 0 Å². The first-order valence-corrected chi connectivity index (χ1v) is 3.62. The monoisotopic (exact) mass is 170 g/mol. The van der Waals surface area contributed by atoms with Crippen LogP contribution in [0.4, 0.5) is 0 Å². The summed E-state index contributed by atoms with van der Waals surface area (Å²) in [7, 11) is 0. The summed E-state index contributed by atoms with van der Waals surface area (Å²) < 4.78 is 4.87. The van der Waals surface area contributed by atoms with Gasteiger partial charge in [-0.2, -0.15) is 0 Å². The SMILES string of the molecule is CCNCc1ncc(C(=O)O)o1. The molecule has 2 N–H and O–H groups in total. The van der Waals surface area contributed by atoms with Crippen LogP contribution < -0.4 is 5.32 Å². The molecule has 1 aromatic rings. The standard InChI is InChI=1S/C7H10N2O3/c1-2-8-4-6-9-3-5(12-6)7(10)11/h3,8H,2,4H2,1H3,(H,10,11). The lowest BCUT2D eigenvalue weighted by Gasteiger charge is -1.93. The quantitative estimate of drug-likeness (QED) is 0.687. The lowest BCUT2D eigenvalue weighted by atomic mass is 10.5. The maximum Gasteiger partial charge on any atom is 0.373 e. The molecule has 5 nitrogen and oxygen atoms in total. The van der Waals surface area contributed by atoms with E-state index in [-0.39, 0.29) is 5.76 Å². The van der Waals surface area contributed by atoms with E-state index in [1.807, 2.05) is 6.92 Å². The van der Waals surface area contributed by atoms with Crippen LogP contribution in [0, 0.1) is 0 Å². The molecule has 1 heterocycles. The van der Waals surface area contributed by atoms with Crippen molar-refractivity contribution in [2.75, 3.05) is 6.54 Å². The molecule has 0 atom stereocenters. The molecule has 0 bridgehead atoms. The van der Waals surface area contributed by atoms with Crippen molar-refractivity contribution >= 4 is 5.97 Å². The Morgan fingerprint density at radius 1 is 1.83 bits per heavy atom. The van der Waals surface area contributed by atoms with Gasteiger partial charge >= 0.3 is 5.97 Å². The maximum absolute atomic E-state index is 10.3. The summed E-state index contributed by atoms with van der Waals surface area (Å²) in [5.74, 6) is -0.817. The number of carboxylic acid groups (broad SMARTS) is 1. The highest BCUT2D eigenvalue weighted by Crippen LogP contribution is 2.02. The molecule has 0 radical (unpaired) electrons. The van der Waals surface area contributed by atoms with Gasteiger partial charge in [0.25, 0.3) is 0 Å². The number of carbonyl (C=O) groups is 1. The third-order valence-electron chi connectivity index (χ3n) is 1.29. The Bertz CT molecular complexity index is 269. The summed E-state index contributed by atoms with van der Waals surface area (Å²) in [6.45, 7) is 3.20. The molecule has 1 aromatic heterocycles.